The van der Waals surface area contributed by atoms with Crippen LogP contribution in [0.4, 0.5) is 0 Å². The van der Waals surface area contributed by atoms with Crippen LogP contribution >= 0.6 is 0 Å². The number of hydrogen-bond acceptors (Lipinski definition) is 2. The lowest BCUT2D eigenvalue weighted by atomic mass is 9.82. The molecule has 21 heavy (non-hydrogen) atoms. The van der Waals surface area contributed by atoms with E-state index >= 15 is 0 Å². The van der Waals surface area contributed by atoms with Crippen LogP contribution in [0, 0.1) is 0 Å². The van der Waals surface area contributed by atoms with E-state index in [-0.39, 0.29) is 11.6 Å². The van der Waals surface area contributed by atoms with E-state index in [0.29, 0.717) is 0 Å². The topological polar surface area (TPSA) is 29.3 Å². The summed E-state index contributed by atoms with van der Waals surface area (Å²) in [6.45, 7) is 6.30. The van der Waals surface area contributed by atoms with Gasteiger partial charge in [0.2, 0.25) is 0 Å². The Morgan fingerprint density at radius 1 is 1.05 bits per heavy atom. The second-order valence-corrected chi connectivity index (χ2v) is 6.63. The molecule has 0 amide bonds. The molecule has 0 bridgehead atoms. The van der Waals surface area contributed by atoms with Gasteiger partial charge in [-0.15, -0.1) is 0 Å². The smallest absolute Gasteiger partial charge is 0.0528 e. The number of benzene rings is 2. The molecule has 1 aliphatic rings. The molecular weight excluding hydrogens is 256 g/mol. The van der Waals surface area contributed by atoms with E-state index in [1.54, 1.807) is 0 Å². The summed E-state index contributed by atoms with van der Waals surface area (Å²) in [6.07, 6.45) is 1.11. The molecule has 1 unspecified atom stereocenters. The van der Waals surface area contributed by atoms with Crippen molar-refractivity contribution in [1.29, 1.82) is 0 Å². The van der Waals surface area contributed by atoms with Gasteiger partial charge >= 0.3 is 0 Å². The third-order valence-corrected chi connectivity index (χ3v) is 4.32. The predicted octanol–water partition coefficient (Wildman–Crippen LogP) is 3.52. The van der Waals surface area contributed by atoms with Crippen LogP contribution in [-0.2, 0) is 13.0 Å². The van der Waals surface area contributed by atoms with E-state index in [9.17, 15) is 0 Å². The molecule has 2 heteroatoms. The van der Waals surface area contributed by atoms with Crippen molar-refractivity contribution >= 4 is 0 Å². The Hall–Kier alpha value is -1.64. The first-order chi connectivity index (χ1) is 10.1. The highest BCUT2D eigenvalue weighted by Gasteiger charge is 2.36. The lowest BCUT2D eigenvalue weighted by molar-refractivity contribution is 0.117. The fourth-order valence-corrected chi connectivity index (χ4v) is 3.48. The summed E-state index contributed by atoms with van der Waals surface area (Å²) in [4.78, 5) is 2.53. The Morgan fingerprint density at radius 2 is 1.71 bits per heavy atom. The SMILES string of the molecule is CC(C)(N)C1c2ccccc2CCN1Cc1ccccc1. The summed E-state index contributed by atoms with van der Waals surface area (Å²) in [5.74, 6) is 0. The highest BCUT2D eigenvalue weighted by atomic mass is 15.2. The summed E-state index contributed by atoms with van der Waals surface area (Å²) in [5, 5.41) is 0. The van der Waals surface area contributed by atoms with Crippen molar-refractivity contribution in [2.75, 3.05) is 6.54 Å². The van der Waals surface area contributed by atoms with Crippen molar-refractivity contribution in [2.24, 2.45) is 5.73 Å². The standard InChI is InChI=1S/C19H24N2/c1-19(2,20)18-17-11-7-6-10-16(17)12-13-21(18)14-15-8-4-3-5-9-15/h3-11,18H,12-14,20H2,1-2H3. The molecule has 1 atom stereocenters. The van der Waals surface area contributed by atoms with Crippen LogP contribution in [0.3, 0.4) is 0 Å². The fourth-order valence-electron chi connectivity index (χ4n) is 3.48. The molecule has 1 heterocycles. The van der Waals surface area contributed by atoms with Crippen LogP contribution in [0.2, 0.25) is 0 Å². The number of fused-ring (bicyclic) bond motifs is 1. The molecule has 0 fully saturated rings. The van der Waals surface area contributed by atoms with E-state index in [1.807, 2.05) is 0 Å². The monoisotopic (exact) mass is 280 g/mol. The molecule has 0 spiro atoms. The quantitative estimate of drug-likeness (QED) is 0.932. The van der Waals surface area contributed by atoms with E-state index in [4.69, 9.17) is 5.73 Å². The molecule has 2 nitrogen and oxygen atoms in total. The maximum Gasteiger partial charge on any atom is 0.0528 e. The van der Waals surface area contributed by atoms with E-state index in [1.165, 1.54) is 16.7 Å². The fraction of sp³-hybridized carbons (Fsp3) is 0.368. The minimum atomic E-state index is -0.259. The summed E-state index contributed by atoms with van der Waals surface area (Å²) in [5.41, 5.74) is 10.5. The summed E-state index contributed by atoms with van der Waals surface area (Å²) >= 11 is 0. The third kappa shape index (κ3) is 3.02. The molecule has 0 aromatic heterocycles. The molecule has 0 saturated heterocycles. The first-order valence-corrected chi connectivity index (χ1v) is 7.70. The number of nitrogens with zero attached hydrogens (tertiary/aromatic N) is 1. The van der Waals surface area contributed by atoms with Gasteiger partial charge in [0.25, 0.3) is 0 Å². The zero-order valence-corrected chi connectivity index (χ0v) is 12.9. The maximum absolute atomic E-state index is 6.53. The number of rotatable bonds is 3. The largest absolute Gasteiger partial charge is 0.324 e. The van der Waals surface area contributed by atoms with Gasteiger partial charge in [0.05, 0.1) is 6.04 Å². The van der Waals surface area contributed by atoms with Gasteiger partial charge in [-0.3, -0.25) is 4.90 Å². The van der Waals surface area contributed by atoms with Crippen LogP contribution < -0.4 is 5.73 Å². The Labute approximate surface area is 127 Å². The molecular formula is C19H24N2. The molecule has 0 saturated carbocycles. The van der Waals surface area contributed by atoms with Crippen LogP contribution in [0.1, 0.15) is 36.6 Å². The van der Waals surface area contributed by atoms with E-state index in [2.05, 4.69) is 73.3 Å². The molecule has 1 aliphatic heterocycles. The van der Waals surface area contributed by atoms with Crippen molar-refractivity contribution in [3.8, 4) is 0 Å². The lowest BCUT2D eigenvalue weighted by Crippen LogP contribution is -2.50. The van der Waals surface area contributed by atoms with Crippen molar-refractivity contribution in [3.63, 3.8) is 0 Å². The van der Waals surface area contributed by atoms with Gasteiger partial charge in [-0.05, 0) is 37.0 Å². The second kappa shape index (κ2) is 5.63. The average molecular weight is 280 g/mol. The highest BCUT2D eigenvalue weighted by molar-refractivity contribution is 5.35. The highest BCUT2D eigenvalue weighted by Crippen LogP contribution is 2.37. The zero-order chi connectivity index (χ0) is 14.9. The summed E-state index contributed by atoms with van der Waals surface area (Å²) < 4.78 is 0. The van der Waals surface area contributed by atoms with Crippen LogP contribution in [0.25, 0.3) is 0 Å². The van der Waals surface area contributed by atoms with Crippen LogP contribution in [-0.4, -0.2) is 17.0 Å². The van der Waals surface area contributed by atoms with Gasteiger partial charge in [-0.2, -0.15) is 0 Å². The average Bonchev–Trinajstić information content (AvgIpc) is 2.47. The second-order valence-electron chi connectivity index (χ2n) is 6.63. The minimum absolute atomic E-state index is 0.259. The molecule has 2 aromatic rings. The molecule has 2 aromatic carbocycles. The van der Waals surface area contributed by atoms with E-state index < -0.39 is 0 Å². The van der Waals surface area contributed by atoms with Crippen LogP contribution in [0.5, 0.6) is 0 Å². The normalized spacial score (nSPS) is 19.3. The molecule has 0 radical (unpaired) electrons. The van der Waals surface area contributed by atoms with Crippen molar-refractivity contribution in [3.05, 3.63) is 71.3 Å². The molecule has 0 aliphatic carbocycles. The first-order valence-electron chi connectivity index (χ1n) is 7.70. The van der Waals surface area contributed by atoms with Gasteiger partial charge in [0, 0.05) is 18.6 Å². The van der Waals surface area contributed by atoms with Gasteiger partial charge in [-0.1, -0.05) is 54.6 Å². The van der Waals surface area contributed by atoms with Gasteiger partial charge in [0.15, 0.2) is 0 Å². The first kappa shape index (κ1) is 14.3. The van der Waals surface area contributed by atoms with Crippen molar-refractivity contribution in [1.82, 2.24) is 4.90 Å². The van der Waals surface area contributed by atoms with Gasteiger partial charge in [0.1, 0.15) is 0 Å². The number of nitrogens with two attached hydrogens (primary N) is 1. The maximum atomic E-state index is 6.53. The molecule has 3 rings (SSSR count). The Kier molecular flexibility index (Phi) is 3.83. The molecule has 110 valence electrons. The number of hydrogen-bond donors (Lipinski definition) is 1. The summed E-state index contributed by atoms with van der Waals surface area (Å²) in [7, 11) is 0. The third-order valence-electron chi connectivity index (χ3n) is 4.32. The Bertz CT molecular complexity index is 598. The van der Waals surface area contributed by atoms with Crippen molar-refractivity contribution < 1.29 is 0 Å². The Balaban J connectivity index is 1.94. The predicted molar refractivity (Wildman–Crippen MR) is 88.0 cm³/mol. The zero-order valence-electron chi connectivity index (χ0n) is 12.9. The minimum Gasteiger partial charge on any atom is -0.324 e. The van der Waals surface area contributed by atoms with Crippen LogP contribution in [0.15, 0.2) is 54.6 Å². The van der Waals surface area contributed by atoms with Crippen molar-refractivity contribution in [2.45, 2.75) is 38.4 Å². The Morgan fingerprint density at radius 3 is 2.43 bits per heavy atom. The summed E-state index contributed by atoms with van der Waals surface area (Å²) in [6, 6.07) is 19.7. The lowest BCUT2D eigenvalue weighted by Gasteiger charge is -2.44. The van der Waals surface area contributed by atoms with E-state index in [0.717, 1.165) is 19.5 Å². The van der Waals surface area contributed by atoms with Gasteiger partial charge in [-0.25, -0.2) is 0 Å². The van der Waals surface area contributed by atoms with Gasteiger partial charge < -0.3 is 5.73 Å². The molecule has 2 N–H and O–H groups in total.